The van der Waals surface area contributed by atoms with Gasteiger partial charge in [-0.15, -0.1) is 22.1 Å². The zero-order chi connectivity index (χ0) is 48.2. The molecule has 357 valence electrons. The van der Waals surface area contributed by atoms with Crippen molar-refractivity contribution in [1.82, 2.24) is 19.9 Å². The summed E-state index contributed by atoms with van der Waals surface area (Å²) in [7, 11) is 0. The van der Waals surface area contributed by atoms with Gasteiger partial charge in [0.25, 0.3) is 0 Å². The van der Waals surface area contributed by atoms with Crippen molar-refractivity contribution in [1.29, 1.82) is 0 Å². The van der Waals surface area contributed by atoms with Crippen molar-refractivity contribution in [3.8, 4) is 50.3 Å². The van der Waals surface area contributed by atoms with Gasteiger partial charge in [0.15, 0.2) is 0 Å². The Morgan fingerprint density at radius 1 is 0.437 bits per heavy atom. The number of carboxylic acid groups (broad SMARTS) is 1. The molecule has 0 atom stereocenters. The van der Waals surface area contributed by atoms with Crippen LogP contribution in [0.4, 0.5) is 0 Å². The summed E-state index contributed by atoms with van der Waals surface area (Å²) in [5.74, 6) is -2.58. The number of carboxylic acids is 1. The number of nitrogens with zero attached hydrogens (tertiary/aromatic N) is 4. The van der Waals surface area contributed by atoms with E-state index in [1.807, 2.05) is 115 Å². The average molecular weight is 990 g/mol. The number of hydrogen-bond donors (Lipinski definition) is 1. The SMILES string of the molecule is O=C(O)CCCOC(=O)CC(=O)OCCCC(=O)OCCOc1cccc(-c2c3nc(c(-c4ccccc4)c4ccc([n-]4)c(-c4ccccc4)c4nc(c(-c5ccccc5)c5ccc2[n-]5)C=C4)C=C3)c1.[Co+2]. The molecule has 1 radical (unpaired) electrons. The number of hydrogen-bond acceptors (Lipinski definition) is 10. The third-order valence-electron chi connectivity index (χ3n) is 11.4. The second-order valence-corrected chi connectivity index (χ2v) is 16.3. The minimum atomic E-state index is -1.01. The molecule has 14 heteroatoms. The molecule has 0 aliphatic carbocycles. The zero-order valence-electron chi connectivity index (χ0n) is 38.3. The number of rotatable bonds is 18. The number of ether oxygens (including phenoxy) is 4. The molecule has 4 aromatic carbocycles. The standard InChI is InChI=1S/C57H47N4O9.Co/c62-50(63)21-11-31-68-52(65)36-53(66)69-32-12-22-51(64)70-34-33-67-41-20-10-19-40(35-41)57-48-29-27-46(60-48)55(38-15-6-2-7-16-38)44-25-23-42(58-44)54(37-13-4-1-5-14-37)43-24-26-45(59-43)56(39-17-8-3-9-18-39)47-28-30-49(57)61-47;/h1-10,13-20,23-30,35H,11-12,21-22,31-34,36H2,(H2-,58,59,60,61,62,63);/q-1;+2/p-1. The van der Waals surface area contributed by atoms with Crippen molar-refractivity contribution in [2.24, 2.45) is 0 Å². The van der Waals surface area contributed by atoms with Gasteiger partial charge in [0.05, 0.1) is 36.0 Å². The molecule has 71 heavy (non-hydrogen) atoms. The molecule has 13 nitrogen and oxygen atoms in total. The number of esters is 3. The Labute approximate surface area is 419 Å². The first kappa shape index (κ1) is 49.1. The number of fused-ring (bicyclic) bond motifs is 8. The number of benzene rings is 4. The number of aliphatic carboxylic acids is 1. The Kier molecular flexibility index (Phi) is 16.1. The molecule has 0 spiro atoms. The zero-order valence-corrected chi connectivity index (χ0v) is 39.3. The van der Waals surface area contributed by atoms with E-state index < -0.39 is 30.3 Å². The van der Waals surface area contributed by atoms with Crippen LogP contribution in [0.2, 0.25) is 0 Å². The van der Waals surface area contributed by atoms with E-state index in [1.54, 1.807) is 0 Å². The maximum absolute atomic E-state index is 12.5. The van der Waals surface area contributed by atoms with Gasteiger partial charge < -0.3 is 34.0 Å². The van der Waals surface area contributed by atoms with E-state index in [1.165, 1.54) is 0 Å². The van der Waals surface area contributed by atoms with Gasteiger partial charge >= 0.3 is 40.7 Å². The number of aromatic nitrogens is 4. The molecule has 0 saturated carbocycles. The van der Waals surface area contributed by atoms with Crippen LogP contribution in [0.3, 0.4) is 0 Å². The van der Waals surface area contributed by atoms with Crippen LogP contribution in [0.25, 0.3) is 90.9 Å². The van der Waals surface area contributed by atoms with E-state index in [0.29, 0.717) is 17.0 Å². The van der Waals surface area contributed by atoms with Crippen LogP contribution in [0.5, 0.6) is 5.75 Å². The summed E-state index contributed by atoms with van der Waals surface area (Å²) in [6.45, 7) is -0.151. The van der Waals surface area contributed by atoms with Gasteiger partial charge in [-0.1, -0.05) is 127 Å². The minimum Gasteiger partial charge on any atom is -0.657 e. The van der Waals surface area contributed by atoms with Gasteiger partial charge in [-0.3, -0.25) is 19.2 Å². The fourth-order valence-corrected chi connectivity index (χ4v) is 8.25. The van der Waals surface area contributed by atoms with Crippen molar-refractivity contribution in [3.05, 3.63) is 162 Å². The summed E-state index contributed by atoms with van der Waals surface area (Å²) < 4.78 is 21.4. The summed E-state index contributed by atoms with van der Waals surface area (Å²) in [5.41, 5.74) is 13.2. The molecule has 1 N–H and O–H groups in total. The van der Waals surface area contributed by atoms with Crippen LogP contribution in [0.15, 0.2) is 140 Å². The van der Waals surface area contributed by atoms with Crippen molar-refractivity contribution in [3.63, 3.8) is 0 Å². The van der Waals surface area contributed by atoms with E-state index in [4.69, 9.17) is 44.0 Å². The molecule has 5 heterocycles. The molecule has 0 amide bonds. The molecule has 0 fully saturated rings. The summed E-state index contributed by atoms with van der Waals surface area (Å²) in [6, 6.07) is 46.2. The first-order valence-electron chi connectivity index (χ1n) is 22.9. The molecule has 7 aromatic rings. The molecular formula is C57H46CoN4O9. The Morgan fingerprint density at radius 2 is 0.831 bits per heavy atom. The average Bonchev–Trinajstić information content (AvgIpc) is 4.23. The predicted molar refractivity (Wildman–Crippen MR) is 268 cm³/mol. The van der Waals surface area contributed by atoms with Crippen molar-refractivity contribution < 1.29 is 60.0 Å². The van der Waals surface area contributed by atoms with E-state index in [9.17, 15) is 19.2 Å². The molecule has 2 aliphatic rings. The second-order valence-electron chi connectivity index (χ2n) is 16.3. The molecule has 0 unspecified atom stereocenters. The summed E-state index contributed by atoms with van der Waals surface area (Å²) in [6.07, 6.45) is 7.68. The van der Waals surface area contributed by atoms with Gasteiger partial charge in [0.1, 0.15) is 25.4 Å². The van der Waals surface area contributed by atoms with Crippen LogP contribution >= 0.6 is 0 Å². The topological polar surface area (TPSA) is 179 Å². The van der Waals surface area contributed by atoms with Crippen LogP contribution in [-0.2, 0) is 50.2 Å². The number of carbonyl (C=O) groups excluding carboxylic acids is 3. The van der Waals surface area contributed by atoms with E-state index in [0.717, 1.165) is 78.1 Å². The Bertz CT molecular complexity index is 3260. The van der Waals surface area contributed by atoms with Crippen LogP contribution < -0.4 is 14.7 Å². The van der Waals surface area contributed by atoms with Gasteiger partial charge in [-0.2, -0.15) is 0 Å². The fraction of sp³-hybridized carbons (Fsp3) is 0.158. The fourth-order valence-electron chi connectivity index (χ4n) is 8.25. The second kappa shape index (κ2) is 23.3. The van der Waals surface area contributed by atoms with Crippen molar-refractivity contribution in [2.45, 2.75) is 32.1 Å². The summed E-state index contributed by atoms with van der Waals surface area (Å²) in [4.78, 5) is 68.1. The normalized spacial score (nSPS) is 11.4. The first-order valence-corrected chi connectivity index (χ1v) is 22.9. The van der Waals surface area contributed by atoms with Crippen molar-refractivity contribution >= 4 is 70.2 Å². The smallest absolute Gasteiger partial charge is 0.657 e. The van der Waals surface area contributed by atoms with E-state index >= 15 is 0 Å². The monoisotopic (exact) mass is 989 g/mol. The van der Waals surface area contributed by atoms with E-state index in [-0.39, 0.29) is 68.9 Å². The van der Waals surface area contributed by atoms with Crippen LogP contribution in [-0.4, -0.2) is 65.4 Å². The molecule has 8 bridgehead atoms. The molecule has 2 aliphatic heterocycles. The van der Waals surface area contributed by atoms with Gasteiger partial charge in [-0.05, 0) is 93.8 Å². The first-order chi connectivity index (χ1) is 34.3. The molecule has 9 rings (SSSR count). The summed E-state index contributed by atoms with van der Waals surface area (Å²) >= 11 is 0. The largest absolute Gasteiger partial charge is 2.00 e. The third kappa shape index (κ3) is 12.1. The molecular weight excluding hydrogens is 944 g/mol. The molecule has 0 saturated heterocycles. The van der Waals surface area contributed by atoms with Crippen molar-refractivity contribution in [2.75, 3.05) is 26.4 Å². The maximum atomic E-state index is 12.5. The van der Waals surface area contributed by atoms with Crippen LogP contribution in [0.1, 0.15) is 54.9 Å². The summed E-state index contributed by atoms with van der Waals surface area (Å²) in [5, 5.41) is 8.67. The quantitative estimate of drug-likeness (QED) is 0.0372. The Balaban J connectivity index is 0.00000676. The number of carbonyl (C=O) groups is 4. The van der Waals surface area contributed by atoms with E-state index in [2.05, 4.69) is 48.5 Å². The molecule has 3 aromatic heterocycles. The van der Waals surface area contributed by atoms with Crippen LogP contribution in [0, 0.1) is 0 Å². The van der Waals surface area contributed by atoms with Gasteiger partial charge in [-0.25, -0.2) is 9.97 Å². The maximum Gasteiger partial charge on any atom is 2.00 e. The predicted octanol–water partition coefficient (Wildman–Crippen LogP) is 10.6. The third-order valence-corrected chi connectivity index (χ3v) is 11.4. The Hall–Kier alpha value is -8.33. The van der Waals surface area contributed by atoms with Gasteiger partial charge in [0, 0.05) is 12.8 Å². The van der Waals surface area contributed by atoms with Gasteiger partial charge in [0.2, 0.25) is 0 Å². The Morgan fingerprint density at radius 3 is 1.27 bits per heavy atom. The minimum absolute atomic E-state index is 0.